The Bertz CT molecular complexity index is 961. The number of hydrogen-bond acceptors (Lipinski definition) is 5. The third-order valence-electron chi connectivity index (χ3n) is 5.76. The predicted octanol–water partition coefficient (Wildman–Crippen LogP) is 2.55. The molecule has 1 atom stereocenters. The first-order valence-corrected chi connectivity index (χ1v) is 11.3. The number of aromatic nitrogens is 2. The van der Waals surface area contributed by atoms with E-state index in [-0.39, 0.29) is 13.1 Å². The van der Waals surface area contributed by atoms with Gasteiger partial charge in [-0.3, -0.25) is 0 Å². The lowest BCUT2D eigenvalue weighted by atomic mass is 10.1. The van der Waals surface area contributed by atoms with Crippen molar-refractivity contribution in [3.8, 4) is 0 Å². The Morgan fingerprint density at radius 2 is 1.97 bits per heavy atom. The molecule has 1 aromatic heterocycles. The standard InChI is InChI=1S/C19H24F3N5O2S/c20-19(21,22)30(28,29)26-11-15-4-1-2-5-18(15)27(12-16-10-23-14-24-16)17(13-26)6-9-25-7-3-8-25/h1-2,4-5,10,14,17H,3,6-9,11-13H2,(H,23,24)/t17-/m0/s1. The first kappa shape index (κ1) is 21.1. The van der Waals surface area contributed by atoms with Crippen LogP contribution in [0.3, 0.4) is 0 Å². The Morgan fingerprint density at radius 1 is 1.20 bits per heavy atom. The largest absolute Gasteiger partial charge is 0.511 e. The molecular formula is C19H24F3N5O2S. The molecule has 2 aliphatic heterocycles. The van der Waals surface area contributed by atoms with Gasteiger partial charge in [0.2, 0.25) is 0 Å². The minimum atomic E-state index is -5.44. The molecule has 0 saturated carbocycles. The number of fused-ring (bicyclic) bond motifs is 1. The smallest absolute Gasteiger partial charge is 0.361 e. The number of sulfonamides is 1. The van der Waals surface area contributed by atoms with Crippen LogP contribution >= 0.6 is 0 Å². The highest BCUT2D eigenvalue weighted by molar-refractivity contribution is 7.89. The molecule has 0 aliphatic carbocycles. The summed E-state index contributed by atoms with van der Waals surface area (Å²) in [6.07, 6.45) is 4.89. The minimum absolute atomic E-state index is 0.224. The van der Waals surface area contributed by atoms with Gasteiger partial charge in [-0.25, -0.2) is 13.4 Å². The zero-order valence-corrected chi connectivity index (χ0v) is 17.2. The summed E-state index contributed by atoms with van der Waals surface area (Å²) in [4.78, 5) is 11.3. The fraction of sp³-hybridized carbons (Fsp3) is 0.526. The molecule has 0 radical (unpaired) electrons. The first-order valence-electron chi connectivity index (χ1n) is 9.86. The maximum absolute atomic E-state index is 13.4. The summed E-state index contributed by atoms with van der Waals surface area (Å²) in [6, 6.07) is 6.65. The fourth-order valence-electron chi connectivity index (χ4n) is 3.99. The molecule has 2 aliphatic rings. The highest BCUT2D eigenvalue weighted by atomic mass is 32.2. The van der Waals surface area contributed by atoms with Crippen molar-refractivity contribution in [2.75, 3.05) is 31.1 Å². The Balaban J connectivity index is 1.71. The number of imidazole rings is 1. The Morgan fingerprint density at radius 3 is 2.60 bits per heavy atom. The van der Waals surface area contributed by atoms with Crippen LogP contribution in [0.25, 0.3) is 0 Å². The Kier molecular flexibility index (Phi) is 5.78. The molecule has 0 spiro atoms. The third-order valence-corrected chi connectivity index (χ3v) is 7.30. The van der Waals surface area contributed by atoms with Gasteiger partial charge in [0.25, 0.3) is 0 Å². The number of para-hydroxylation sites is 1. The molecule has 0 amide bonds. The molecule has 1 fully saturated rings. The second-order valence-electron chi connectivity index (χ2n) is 7.71. The van der Waals surface area contributed by atoms with E-state index in [9.17, 15) is 21.6 Å². The summed E-state index contributed by atoms with van der Waals surface area (Å²) in [6.45, 7) is 2.52. The van der Waals surface area contributed by atoms with Gasteiger partial charge >= 0.3 is 15.5 Å². The maximum Gasteiger partial charge on any atom is 0.511 e. The lowest BCUT2D eigenvalue weighted by Gasteiger charge is -2.37. The van der Waals surface area contributed by atoms with Crippen molar-refractivity contribution in [3.63, 3.8) is 0 Å². The average molecular weight is 443 g/mol. The van der Waals surface area contributed by atoms with Crippen molar-refractivity contribution >= 4 is 15.7 Å². The van der Waals surface area contributed by atoms with E-state index in [4.69, 9.17) is 0 Å². The number of H-pyrrole nitrogens is 1. The summed E-state index contributed by atoms with van der Waals surface area (Å²) in [5, 5.41) is 0. The van der Waals surface area contributed by atoms with Gasteiger partial charge in [-0.15, -0.1) is 0 Å². The highest BCUT2D eigenvalue weighted by Gasteiger charge is 2.51. The van der Waals surface area contributed by atoms with Gasteiger partial charge in [0.15, 0.2) is 0 Å². The van der Waals surface area contributed by atoms with Gasteiger partial charge in [0.05, 0.1) is 18.6 Å². The molecule has 4 rings (SSSR count). The number of aromatic amines is 1. The number of alkyl halides is 3. The number of nitrogens with zero attached hydrogens (tertiary/aromatic N) is 4. The molecule has 11 heteroatoms. The average Bonchev–Trinajstić information content (AvgIpc) is 3.10. The number of anilines is 1. The summed E-state index contributed by atoms with van der Waals surface area (Å²) in [7, 11) is -5.44. The summed E-state index contributed by atoms with van der Waals surface area (Å²) < 4.78 is 65.3. The van der Waals surface area contributed by atoms with Crippen LogP contribution in [0.2, 0.25) is 0 Å². The van der Waals surface area contributed by atoms with Crippen molar-refractivity contribution in [1.82, 2.24) is 19.2 Å². The number of hydrogen-bond donors (Lipinski definition) is 1. The summed E-state index contributed by atoms with van der Waals surface area (Å²) in [5.41, 5.74) is -3.22. The maximum atomic E-state index is 13.4. The number of halogens is 3. The zero-order chi connectivity index (χ0) is 21.4. The van der Waals surface area contributed by atoms with E-state index >= 15 is 0 Å². The van der Waals surface area contributed by atoms with Gasteiger partial charge in [0, 0.05) is 37.6 Å². The van der Waals surface area contributed by atoms with E-state index < -0.39 is 21.6 Å². The number of rotatable bonds is 6. The van der Waals surface area contributed by atoms with Crippen molar-refractivity contribution < 1.29 is 21.6 Å². The van der Waals surface area contributed by atoms with Crippen LogP contribution < -0.4 is 4.90 Å². The van der Waals surface area contributed by atoms with Crippen LogP contribution in [0.4, 0.5) is 18.9 Å². The van der Waals surface area contributed by atoms with Crippen LogP contribution in [0.15, 0.2) is 36.8 Å². The van der Waals surface area contributed by atoms with Crippen LogP contribution in [0, 0.1) is 0 Å². The molecule has 1 aromatic carbocycles. The lowest BCUT2D eigenvalue weighted by Crippen LogP contribution is -2.48. The van der Waals surface area contributed by atoms with Crippen LogP contribution in [-0.2, 0) is 23.1 Å². The molecule has 164 valence electrons. The summed E-state index contributed by atoms with van der Waals surface area (Å²) in [5.74, 6) is 0. The topological polar surface area (TPSA) is 72.5 Å². The van der Waals surface area contributed by atoms with E-state index in [1.54, 1.807) is 24.7 Å². The van der Waals surface area contributed by atoms with Crippen LogP contribution in [-0.4, -0.2) is 65.3 Å². The molecule has 3 heterocycles. The Hall–Kier alpha value is -2.11. The number of likely N-dealkylation sites (tertiary alicyclic amines) is 1. The van der Waals surface area contributed by atoms with Gasteiger partial charge in [-0.1, -0.05) is 18.2 Å². The first-order chi connectivity index (χ1) is 14.3. The van der Waals surface area contributed by atoms with Crippen LogP contribution in [0.5, 0.6) is 0 Å². The SMILES string of the molecule is O=S(=O)(N1Cc2ccccc2N(Cc2cnc[nH]2)[C@@H](CCN2CCC2)C1)C(F)(F)F. The van der Waals surface area contributed by atoms with E-state index in [0.717, 1.165) is 30.9 Å². The van der Waals surface area contributed by atoms with E-state index in [2.05, 4.69) is 14.9 Å². The second-order valence-corrected chi connectivity index (χ2v) is 9.64. The molecule has 30 heavy (non-hydrogen) atoms. The third kappa shape index (κ3) is 4.19. The molecule has 7 nitrogen and oxygen atoms in total. The van der Waals surface area contributed by atoms with Gasteiger partial charge in [-0.2, -0.15) is 17.5 Å². The van der Waals surface area contributed by atoms with Crippen molar-refractivity contribution in [2.24, 2.45) is 0 Å². The zero-order valence-electron chi connectivity index (χ0n) is 16.3. The lowest BCUT2D eigenvalue weighted by molar-refractivity contribution is -0.0492. The molecule has 2 aromatic rings. The van der Waals surface area contributed by atoms with Crippen LogP contribution in [0.1, 0.15) is 24.1 Å². The Labute approximate surface area is 173 Å². The molecule has 0 bridgehead atoms. The van der Waals surface area contributed by atoms with Crippen molar-refractivity contribution in [1.29, 1.82) is 0 Å². The van der Waals surface area contributed by atoms with Gasteiger partial charge in [-0.05, 0) is 37.6 Å². The monoisotopic (exact) mass is 443 g/mol. The van der Waals surface area contributed by atoms with Crippen molar-refractivity contribution in [3.05, 3.63) is 48.0 Å². The quantitative estimate of drug-likeness (QED) is 0.743. The van der Waals surface area contributed by atoms with E-state index in [1.165, 1.54) is 0 Å². The molecular weight excluding hydrogens is 419 g/mol. The summed E-state index contributed by atoms with van der Waals surface area (Å²) >= 11 is 0. The molecule has 1 N–H and O–H groups in total. The van der Waals surface area contributed by atoms with E-state index in [0.29, 0.717) is 29.4 Å². The van der Waals surface area contributed by atoms with E-state index in [1.807, 2.05) is 17.0 Å². The normalized spacial score (nSPS) is 21.2. The van der Waals surface area contributed by atoms with Gasteiger partial charge in [0.1, 0.15) is 0 Å². The predicted molar refractivity (Wildman–Crippen MR) is 106 cm³/mol. The number of benzene rings is 1. The number of nitrogens with one attached hydrogen (secondary N) is 1. The fourth-order valence-corrected chi connectivity index (χ4v) is 4.96. The minimum Gasteiger partial charge on any atom is -0.361 e. The molecule has 1 saturated heterocycles. The highest BCUT2D eigenvalue weighted by Crippen LogP contribution is 2.35. The molecule has 0 unspecified atom stereocenters. The van der Waals surface area contributed by atoms with Gasteiger partial charge < -0.3 is 14.8 Å². The van der Waals surface area contributed by atoms with Crippen molar-refractivity contribution in [2.45, 2.75) is 37.5 Å². The second kappa shape index (κ2) is 8.20.